The first-order chi connectivity index (χ1) is 10.1. The summed E-state index contributed by atoms with van der Waals surface area (Å²) in [6.45, 7) is 1.10. The lowest BCUT2D eigenvalue weighted by atomic mass is 10.2. The molecule has 112 valence electrons. The van der Waals surface area contributed by atoms with Gasteiger partial charge < -0.3 is 14.7 Å². The first kappa shape index (κ1) is 15.5. The van der Waals surface area contributed by atoms with E-state index in [4.69, 9.17) is 21.4 Å². The lowest BCUT2D eigenvalue weighted by Gasteiger charge is -2.31. The van der Waals surface area contributed by atoms with Gasteiger partial charge in [0.15, 0.2) is 0 Å². The molecule has 0 saturated carbocycles. The van der Waals surface area contributed by atoms with Crippen LogP contribution in [0.2, 0.25) is 5.02 Å². The van der Waals surface area contributed by atoms with E-state index in [1.807, 2.05) is 18.2 Å². The van der Waals surface area contributed by atoms with Crippen LogP contribution >= 0.6 is 11.6 Å². The molecule has 1 aromatic rings. The van der Waals surface area contributed by atoms with Crippen molar-refractivity contribution < 1.29 is 19.4 Å². The third-order valence-corrected chi connectivity index (χ3v) is 3.51. The molecule has 2 rings (SSSR count). The molecule has 21 heavy (non-hydrogen) atoms. The maximum absolute atomic E-state index is 12.1. The van der Waals surface area contributed by atoms with Gasteiger partial charge in [0.1, 0.15) is 0 Å². The van der Waals surface area contributed by atoms with E-state index in [9.17, 15) is 9.59 Å². The van der Waals surface area contributed by atoms with Gasteiger partial charge in [0, 0.05) is 24.2 Å². The number of nitrogens with zero attached hydrogens (tertiary/aromatic N) is 1. The van der Waals surface area contributed by atoms with Crippen LogP contribution in [0.4, 0.5) is 0 Å². The minimum Gasteiger partial charge on any atom is -0.481 e. The number of hydrogen-bond acceptors (Lipinski definition) is 3. The number of rotatable bonds is 4. The van der Waals surface area contributed by atoms with Crippen molar-refractivity contribution in [3.05, 3.63) is 40.9 Å². The van der Waals surface area contributed by atoms with Crippen LogP contribution in [0.25, 0.3) is 6.08 Å². The minimum absolute atomic E-state index is 0.0992. The molecule has 1 aliphatic heterocycles. The molecule has 0 radical (unpaired) electrons. The maximum Gasteiger partial charge on any atom is 0.306 e. The van der Waals surface area contributed by atoms with Crippen molar-refractivity contribution in [2.45, 2.75) is 12.5 Å². The number of aliphatic carboxylic acids is 1. The van der Waals surface area contributed by atoms with Crippen molar-refractivity contribution >= 4 is 29.6 Å². The van der Waals surface area contributed by atoms with Gasteiger partial charge in [-0.3, -0.25) is 9.59 Å². The van der Waals surface area contributed by atoms with Gasteiger partial charge in [0.25, 0.3) is 0 Å². The van der Waals surface area contributed by atoms with E-state index in [1.54, 1.807) is 17.0 Å². The Kier molecular flexibility index (Phi) is 5.36. The van der Waals surface area contributed by atoms with Gasteiger partial charge in [-0.05, 0) is 17.7 Å². The van der Waals surface area contributed by atoms with Crippen LogP contribution in [0.1, 0.15) is 12.0 Å². The van der Waals surface area contributed by atoms with Gasteiger partial charge in [0.2, 0.25) is 5.91 Å². The summed E-state index contributed by atoms with van der Waals surface area (Å²) < 4.78 is 5.33. The fraction of sp³-hybridized carbons (Fsp3) is 0.333. The number of carbonyl (C=O) groups is 2. The molecule has 1 aromatic carbocycles. The van der Waals surface area contributed by atoms with Crippen molar-refractivity contribution in [2.24, 2.45) is 0 Å². The summed E-state index contributed by atoms with van der Waals surface area (Å²) in [4.78, 5) is 24.4. The second-order valence-corrected chi connectivity index (χ2v) is 5.14. The number of carbonyl (C=O) groups excluding carboxylic acids is 1. The normalized spacial score (nSPS) is 18.9. The smallest absolute Gasteiger partial charge is 0.306 e. The lowest BCUT2D eigenvalue weighted by molar-refractivity contribution is -0.145. The molecular weight excluding hydrogens is 294 g/mol. The summed E-state index contributed by atoms with van der Waals surface area (Å²) in [5, 5.41) is 9.34. The van der Waals surface area contributed by atoms with Gasteiger partial charge in [0.05, 0.1) is 19.1 Å². The predicted octanol–water partition coefficient (Wildman–Crippen LogP) is 2.06. The number of hydrogen-bond donors (Lipinski definition) is 1. The van der Waals surface area contributed by atoms with Gasteiger partial charge >= 0.3 is 5.97 Å². The SMILES string of the molecule is O=C(O)C[C@@H]1CN(C(=O)/C=C/c2ccccc2Cl)CCO1. The van der Waals surface area contributed by atoms with Crippen LogP contribution in [0.15, 0.2) is 30.3 Å². The summed E-state index contributed by atoms with van der Waals surface area (Å²) in [6, 6.07) is 7.23. The van der Waals surface area contributed by atoms with Gasteiger partial charge in [-0.25, -0.2) is 0 Å². The molecule has 1 fully saturated rings. The highest BCUT2D eigenvalue weighted by molar-refractivity contribution is 6.32. The van der Waals surface area contributed by atoms with Gasteiger partial charge in [-0.2, -0.15) is 0 Å². The number of halogens is 1. The molecule has 0 unspecified atom stereocenters. The largest absolute Gasteiger partial charge is 0.481 e. The van der Waals surface area contributed by atoms with E-state index in [0.717, 1.165) is 5.56 Å². The van der Waals surface area contributed by atoms with Crippen LogP contribution in [-0.2, 0) is 14.3 Å². The van der Waals surface area contributed by atoms with Crippen LogP contribution in [0.5, 0.6) is 0 Å². The summed E-state index contributed by atoms with van der Waals surface area (Å²) in [6.07, 6.45) is 2.56. The molecule has 0 aliphatic carbocycles. The van der Waals surface area contributed by atoms with E-state index in [1.165, 1.54) is 6.08 Å². The van der Waals surface area contributed by atoms with Crippen LogP contribution < -0.4 is 0 Å². The Labute approximate surface area is 127 Å². The highest BCUT2D eigenvalue weighted by atomic mass is 35.5. The summed E-state index contributed by atoms with van der Waals surface area (Å²) in [7, 11) is 0. The molecule has 1 N–H and O–H groups in total. The van der Waals surface area contributed by atoms with Crippen LogP contribution in [0, 0.1) is 0 Å². The molecule has 1 heterocycles. The third kappa shape index (κ3) is 4.58. The third-order valence-electron chi connectivity index (χ3n) is 3.16. The van der Waals surface area contributed by atoms with Crippen molar-refractivity contribution in [3.8, 4) is 0 Å². The molecular formula is C15H16ClNO4. The Hall–Kier alpha value is -1.85. The van der Waals surface area contributed by atoms with Crippen molar-refractivity contribution in [2.75, 3.05) is 19.7 Å². The predicted molar refractivity (Wildman–Crippen MR) is 79.1 cm³/mol. The standard InChI is InChI=1S/C15H16ClNO4/c16-13-4-2-1-3-11(13)5-6-14(18)17-7-8-21-12(10-17)9-15(19)20/h1-6,12H,7-10H2,(H,19,20)/b6-5+/t12-/m1/s1. The van der Waals surface area contributed by atoms with E-state index in [2.05, 4.69) is 0 Å². The highest BCUT2D eigenvalue weighted by Crippen LogP contribution is 2.17. The quantitative estimate of drug-likeness (QED) is 0.865. The van der Waals surface area contributed by atoms with Gasteiger partial charge in [-0.15, -0.1) is 0 Å². The fourth-order valence-corrected chi connectivity index (χ4v) is 2.31. The van der Waals surface area contributed by atoms with Crippen LogP contribution in [0.3, 0.4) is 0 Å². The van der Waals surface area contributed by atoms with E-state index in [0.29, 0.717) is 18.2 Å². The lowest BCUT2D eigenvalue weighted by Crippen LogP contribution is -2.45. The fourth-order valence-electron chi connectivity index (χ4n) is 2.11. The number of carboxylic acid groups (broad SMARTS) is 1. The zero-order chi connectivity index (χ0) is 15.2. The maximum atomic E-state index is 12.1. The number of amides is 1. The van der Waals surface area contributed by atoms with Crippen LogP contribution in [-0.4, -0.2) is 47.7 Å². The highest BCUT2D eigenvalue weighted by Gasteiger charge is 2.24. The Bertz CT molecular complexity index is 558. The molecule has 0 spiro atoms. The Balaban J connectivity index is 1.96. The first-order valence-corrected chi connectivity index (χ1v) is 6.99. The van der Waals surface area contributed by atoms with E-state index < -0.39 is 12.1 Å². The Morgan fingerprint density at radius 1 is 1.43 bits per heavy atom. The van der Waals surface area contributed by atoms with Crippen molar-refractivity contribution in [1.82, 2.24) is 4.90 Å². The number of ether oxygens (including phenoxy) is 1. The molecule has 1 amide bonds. The average Bonchev–Trinajstić information content (AvgIpc) is 2.45. The zero-order valence-corrected chi connectivity index (χ0v) is 12.1. The number of carboxylic acids is 1. The van der Waals surface area contributed by atoms with E-state index in [-0.39, 0.29) is 18.9 Å². The number of morpholine rings is 1. The first-order valence-electron chi connectivity index (χ1n) is 6.61. The molecule has 1 aliphatic rings. The van der Waals surface area contributed by atoms with Crippen molar-refractivity contribution in [3.63, 3.8) is 0 Å². The zero-order valence-electron chi connectivity index (χ0n) is 11.4. The molecule has 1 saturated heterocycles. The molecule has 0 aromatic heterocycles. The molecule has 0 bridgehead atoms. The molecule has 6 heteroatoms. The Morgan fingerprint density at radius 3 is 2.90 bits per heavy atom. The summed E-state index contributed by atoms with van der Waals surface area (Å²) >= 11 is 6.01. The Morgan fingerprint density at radius 2 is 2.19 bits per heavy atom. The average molecular weight is 310 g/mol. The van der Waals surface area contributed by atoms with E-state index >= 15 is 0 Å². The number of benzene rings is 1. The minimum atomic E-state index is -0.930. The summed E-state index contributed by atoms with van der Waals surface area (Å²) in [5.74, 6) is -1.10. The van der Waals surface area contributed by atoms with Crippen molar-refractivity contribution in [1.29, 1.82) is 0 Å². The molecule has 1 atom stereocenters. The molecule has 5 nitrogen and oxygen atoms in total. The second-order valence-electron chi connectivity index (χ2n) is 4.73. The topological polar surface area (TPSA) is 66.8 Å². The van der Waals surface area contributed by atoms with Gasteiger partial charge in [-0.1, -0.05) is 29.8 Å². The monoisotopic (exact) mass is 309 g/mol. The summed E-state index contributed by atoms with van der Waals surface area (Å²) in [5.41, 5.74) is 0.767. The second kappa shape index (κ2) is 7.24.